The molecule has 0 rings (SSSR count). The molecule has 14 heavy (non-hydrogen) atoms. The molecule has 0 spiro atoms. The highest BCUT2D eigenvalue weighted by atomic mass is 16.6. The summed E-state index contributed by atoms with van der Waals surface area (Å²) in [5.41, 5.74) is 3.03. The molecular formula is C10H19NO3. The van der Waals surface area contributed by atoms with Crippen LogP contribution in [0, 0.1) is 5.92 Å². The van der Waals surface area contributed by atoms with E-state index in [2.05, 4.69) is 12.1 Å². The van der Waals surface area contributed by atoms with Gasteiger partial charge in [0.2, 0.25) is 0 Å². The Labute approximate surface area is 85.2 Å². The van der Waals surface area contributed by atoms with Gasteiger partial charge in [-0.15, -0.1) is 0 Å². The Morgan fingerprint density at radius 2 is 2.14 bits per heavy atom. The maximum Gasteiger partial charge on any atom is 0.334 e. The van der Waals surface area contributed by atoms with Crippen molar-refractivity contribution in [2.24, 2.45) is 5.92 Å². The fourth-order valence-corrected chi connectivity index (χ4v) is 0.669. The fourth-order valence-electron chi connectivity index (χ4n) is 0.669. The Hall–Kier alpha value is -0.870. The summed E-state index contributed by atoms with van der Waals surface area (Å²) in [7, 11) is 0. The first-order valence-electron chi connectivity index (χ1n) is 4.77. The van der Waals surface area contributed by atoms with Crippen molar-refractivity contribution in [3.63, 3.8) is 0 Å². The number of ether oxygens (including phenoxy) is 1. The minimum Gasteiger partial charge on any atom is -0.463 e. The second kappa shape index (κ2) is 7.53. The summed E-state index contributed by atoms with van der Waals surface area (Å²) >= 11 is 0. The van der Waals surface area contributed by atoms with E-state index in [9.17, 15) is 4.79 Å². The average Bonchev–Trinajstić information content (AvgIpc) is 2.12. The number of hydrogen-bond donors (Lipinski definition) is 1. The van der Waals surface area contributed by atoms with Gasteiger partial charge in [0.25, 0.3) is 0 Å². The van der Waals surface area contributed by atoms with Gasteiger partial charge in [-0.25, -0.2) is 4.79 Å². The van der Waals surface area contributed by atoms with Gasteiger partial charge in [-0.1, -0.05) is 20.4 Å². The van der Waals surface area contributed by atoms with Gasteiger partial charge in [0.1, 0.15) is 0 Å². The van der Waals surface area contributed by atoms with Crippen LogP contribution in [0.15, 0.2) is 12.2 Å². The first-order chi connectivity index (χ1) is 6.57. The maximum absolute atomic E-state index is 11.1. The standard InChI is InChI=1S/C10H19NO3/c1-5-13-10(12)9(4)6-11-14-7-8(2)3/h8,11H,4-7H2,1-3H3. The molecule has 0 heterocycles. The zero-order valence-corrected chi connectivity index (χ0v) is 9.13. The van der Waals surface area contributed by atoms with Crippen molar-refractivity contribution in [3.8, 4) is 0 Å². The molecule has 4 heteroatoms. The molecular weight excluding hydrogens is 182 g/mol. The molecule has 0 bridgehead atoms. The number of esters is 1. The zero-order valence-electron chi connectivity index (χ0n) is 9.13. The SMILES string of the molecule is C=C(CNOCC(C)C)C(=O)OCC. The van der Waals surface area contributed by atoms with E-state index >= 15 is 0 Å². The highest BCUT2D eigenvalue weighted by Gasteiger charge is 2.06. The lowest BCUT2D eigenvalue weighted by atomic mass is 10.2. The smallest absolute Gasteiger partial charge is 0.334 e. The van der Waals surface area contributed by atoms with Gasteiger partial charge in [-0.3, -0.25) is 0 Å². The van der Waals surface area contributed by atoms with E-state index in [0.29, 0.717) is 31.2 Å². The number of rotatable bonds is 7. The van der Waals surface area contributed by atoms with Gasteiger partial charge in [0, 0.05) is 5.57 Å². The molecule has 0 fully saturated rings. The van der Waals surface area contributed by atoms with E-state index in [0.717, 1.165) is 0 Å². The number of hydroxylamine groups is 1. The van der Waals surface area contributed by atoms with E-state index in [1.165, 1.54) is 0 Å². The summed E-state index contributed by atoms with van der Waals surface area (Å²) in [6, 6.07) is 0. The summed E-state index contributed by atoms with van der Waals surface area (Å²) in [6.07, 6.45) is 0. The van der Waals surface area contributed by atoms with E-state index in [4.69, 9.17) is 9.57 Å². The lowest BCUT2D eigenvalue weighted by Gasteiger charge is -2.08. The Balaban J connectivity index is 3.49. The van der Waals surface area contributed by atoms with Crippen LogP contribution in [-0.4, -0.2) is 25.7 Å². The topological polar surface area (TPSA) is 47.6 Å². The van der Waals surface area contributed by atoms with Crippen LogP contribution in [0.5, 0.6) is 0 Å². The minimum absolute atomic E-state index is 0.297. The van der Waals surface area contributed by atoms with E-state index < -0.39 is 0 Å². The Kier molecular flexibility index (Phi) is 7.06. The molecule has 4 nitrogen and oxygen atoms in total. The van der Waals surface area contributed by atoms with Crippen molar-refractivity contribution in [3.05, 3.63) is 12.2 Å². The minimum atomic E-state index is -0.381. The molecule has 82 valence electrons. The lowest BCUT2D eigenvalue weighted by Crippen LogP contribution is -2.23. The third-order valence-electron chi connectivity index (χ3n) is 1.37. The van der Waals surface area contributed by atoms with Gasteiger partial charge in [0.15, 0.2) is 0 Å². The van der Waals surface area contributed by atoms with Crippen molar-refractivity contribution in [1.82, 2.24) is 5.48 Å². The van der Waals surface area contributed by atoms with E-state index in [1.807, 2.05) is 13.8 Å². The normalized spacial score (nSPS) is 10.3. The van der Waals surface area contributed by atoms with Crippen LogP contribution in [0.2, 0.25) is 0 Å². The van der Waals surface area contributed by atoms with Gasteiger partial charge in [-0.2, -0.15) is 5.48 Å². The van der Waals surface area contributed by atoms with Crippen LogP contribution in [0.25, 0.3) is 0 Å². The largest absolute Gasteiger partial charge is 0.463 e. The van der Waals surface area contributed by atoms with Crippen LogP contribution < -0.4 is 5.48 Å². The highest BCUT2D eigenvalue weighted by Crippen LogP contribution is 1.94. The molecule has 0 atom stereocenters. The van der Waals surface area contributed by atoms with Gasteiger partial charge in [-0.05, 0) is 12.8 Å². The van der Waals surface area contributed by atoms with Crippen molar-refractivity contribution in [2.45, 2.75) is 20.8 Å². The van der Waals surface area contributed by atoms with Gasteiger partial charge in [0.05, 0.1) is 19.8 Å². The van der Waals surface area contributed by atoms with Gasteiger partial charge < -0.3 is 9.57 Å². The second-order valence-corrected chi connectivity index (χ2v) is 3.35. The number of carbonyl (C=O) groups is 1. The van der Waals surface area contributed by atoms with E-state index in [1.54, 1.807) is 6.92 Å². The lowest BCUT2D eigenvalue weighted by molar-refractivity contribution is -0.138. The summed E-state index contributed by atoms with van der Waals surface area (Å²) in [5, 5.41) is 0. The third-order valence-corrected chi connectivity index (χ3v) is 1.37. The molecule has 0 radical (unpaired) electrons. The quantitative estimate of drug-likeness (QED) is 0.292. The van der Waals surface area contributed by atoms with Crippen LogP contribution in [0.3, 0.4) is 0 Å². The molecule has 1 N–H and O–H groups in total. The summed E-state index contributed by atoms with van der Waals surface area (Å²) < 4.78 is 4.75. The Morgan fingerprint density at radius 1 is 1.50 bits per heavy atom. The number of hydrogen-bond acceptors (Lipinski definition) is 4. The van der Waals surface area contributed by atoms with Crippen molar-refractivity contribution in [2.75, 3.05) is 19.8 Å². The molecule has 0 saturated heterocycles. The first kappa shape index (κ1) is 13.1. The molecule has 0 unspecified atom stereocenters. The zero-order chi connectivity index (χ0) is 11.0. The molecule has 0 aromatic rings. The van der Waals surface area contributed by atoms with Crippen LogP contribution in [0.1, 0.15) is 20.8 Å². The molecule has 0 aromatic carbocycles. The summed E-state index contributed by atoms with van der Waals surface area (Å²) in [6.45, 7) is 10.7. The molecule has 0 aliphatic heterocycles. The summed E-state index contributed by atoms with van der Waals surface area (Å²) in [5.74, 6) is 0.0755. The molecule has 0 amide bonds. The average molecular weight is 201 g/mol. The predicted molar refractivity (Wildman–Crippen MR) is 54.6 cm³/mol. The third kappa shape index (κ3) is 6.62. The molecule has 0 aromatic heterocycles. The fraction of sp³-hybridized carbons (Fsp3) is 0.700. The van der Waals surface area contributed by atoms with Crippen LogP contribution >= 0.6 is 0 Å². The second-order valence-electron chi connectivity index (χ2n) is 3.35. The summed E-state index contributed by atoms with van der Waals surface area (Å²) in [4.78, 5) is 16.1. The van der Waals surface area contributed by atoms with Crippen LogP contribution in [-0.2, 0) is 14.4 Å². The monoisotopic (exact) mass is 201 g/mol. The Morgan fingerprint density at radius 3 is 2.64 bits per heavy atom. The van der Waals surface area contributed by atoms with Crippen molar-refractivity contribution >= 4 is 5.97 Å². The highest BCUT2D eigenvalue weighted by molar-refractivity contribution is 5.88. The molecule has 0 aliphatic rings. The first-order valence-corrected chi connectivity index (χ1v) is 4.77. The maximum atomic E-state index is 11.1. The van der Waals surface area contributed by atoms with E-state index in [-0.39, 0.29) is 5.97 Å². The number of carbonyl (C=O) groups excluding carboxylic acids is 1. The molecule has 0 aliphatic carbocycles. The molecule has 0 saturated carbocycles. The van der Waals surface area contributed by atoms with Crippen LogP contribution in [0.4, 0.5) is 0 Å². The Bertz CT molecular complexity index is 190. The predicted octanol–water partition coefficient (Wildman–Crippen LogP) is 1.28. The number of nitrogens with one attached hydrogen (secondary N) is 1. The van der Waals surface area contributed by atoms with Crippen molar-refractivity contribution < 1.29 is 14.4 Å². The van der Waals surface area contributed by atoms with Gasteiger partial charge >= 0.3 is 5.97 Å². The van der Waals surface area contributed by atoms with Crippen molar-refractivity contribution in [1.29, 1.82) is 0 Å².